The van der Waals surface area contributed by atoms with E-state index in [1.807, 2.05) is 11.8 Å². The van der Waals surface area contributed by atoms with Gasteiger partial charge in [-0.2, -0.15) is 0 Å². The monoisotopic (exact) mass is 244 g/mol. The zero-order valence-corrected chi connectivity index (χ0v) is 10.5. The van der Waals surface area contributed by atoms with Gasteiger partial charge in [-0.1, -0.05) is 6.92 Å². The number of amides is 1. The van der Waals surface area contributed by atoms with Crippen LogP contribution < -0.4 is 5.32 Å². The molecule has 1 rings (SSSR count). The number of carboxylic acid groups (broad SMARTS) is 1. The molecule has 2 N–H and O–H groups in total. The molecule has 1 aliphatic rings. The Morgan fingerprint density at radius 2 is 2.18 bits per heavy atom. The minimum absolute atomic E-state index is 0.108. The van der Waals surface area contributed by atoms with E-state index in [1.54, 1.807) is 14.0 Å². The van der Waals surface area contributed by atoms with Gasteiger partial charge in [0, 0.05) is 13.1 Å². The van der Waals surface area contributed by atoms with Crippen molar-refractivity contribution in [2.75, 3.05) is 26.8 Å². The van der Waals surface area contributed by atoms with Crippen LogP contribution in [0.2, 0.25) is 0 Å². The largest absolute Gasteiger partial charge is 0.481 e. The highest BCUT2D eigenvalue weighted by atomic mass is 16.5. The summed E-state index contributed by atoms with van der Waals surface area (Å²) in [6.45, 7) is 4.89. The molecule has 1 heterocycles. The number of nitrogens with one attached hydrogen (secondary N) is 1. The van der Waals surface area contributed by atoms with Crippen molar-refractivity contribution in [3.05, 3.63) is 0 Å². The highest BCUT2D eigenvalue weighted by molar-refractivity contribution is 5.81. The Morgan fingerprint density at radius 1 is 1.53 bits per heavy atom. The normalized spacial score (nSPS) is 25.9. The molecule has 3 atom stereocenters. The van der Waals surface area contributed by atoms with E-state index >= 15 is 0 Å². The van der Waals surface area contributed by atoms with Crippen molar-refractivity contribution in [2.24, 2.45) is 5.92 Å². The van der Waals surface area contributed by atoms with Gasteiger partial charge in [0.15, 0.2) is 0 Å². The van der Waals surface area contributed by atoms with Crippen LogP contribution >= 0.6 is 0 Å². The summed E-state index contributed by atoms with van der Waals surface area (Å²) in [7, 11) is 1.58. The summed E-state index contributed by atoms with van der Waals surface area (Å²) < 4.78 is 5.22. The average molecular weight is 244 g/mol. The molecule has 17 heavy (non-hydrogen) atoms. The van der Waals surface area contributed by atoms with E-state index in [0.29, 0.717) is 13.2 Å². The second kappa shape index (κ2) is 5.97. The van der Waals surface area contributed by atoms with Crippen LogP contribution in [-0.4, -0.2) is 60.8 Å². The Kier molecular flexibility index (Phi) is 4.89. The van der Waals surface area contributed by atoms with E-state index in [2.05, 4.69) is 5.32 Å². The number of hydrogen-bond acceptors (Lipinski definition) is 4. The molecule has 0 spiro atoms. The lowest BCUT2D eigenvalue weighted by Gasteiger charge is -2.33. The second-order valence-corrected chi connectivity index (χ2v) is 4.17. The summed E-state index contributed by atoms with van der Waals surface area (Å²) >= 11 is 0. The number of rotatable bonds is 5. The minimum atomic E-state index is -0.866. The van der Waals surface area contributed by atoms with E-state index in [-0.39, 0.29) is 24.6 Å². The first-order valence-corrected chi connectivity index (χ1v) is 5.80. The van der Waals surface area contributed by atoms with Gasteiger partial charge in [-0.25, -0.2) is 0 Å². The van der Waals surface area contributed by atoms with Gasteiger partial charge in [0.25, 0.3) is 0 Å². The van der Waals surface area contributed by atoms with Gasteiger partial charge in [-0.3, -0.25) is 14.5 Å². The van der Waals surface area contributed by atoms with E-state index in [1.165, 1.54) is 0 Å². The van der Waals surface area contributed by atoms with Gasteiger partial charge < -0.3 is 15.2 Å². The van der Waals surface area contributed by atoms with E-state index in [0.717, 1.165) is 0 Å². The molecule has 3 unspecified atom stereocenters. The second-order valence-electron chi connectivity index (χ2n) is 4.17. The number of carboxylic acids is 1. The molecule has 98 valence electrons. The Hall–Kier alpha value is -1.14. The van der Waals surface area contributed by atoms with Gasteiger partial charge in [0.1, 0.15) is 0 Å². The van der Waals surface area contributed by atoms with Crippen LogP contribution in [0.25, 0.3) is 0 Å². The first-order valence-electron chi connectivity index (χ1n) is 5.80. The number of likely N-dealkylation sites (N-methyl/N-ethyl adjacent to an activating group) is 2. The van der Waals surface area contributed by atoms with Crippen LogP contribution in [0, 0.1) is 5.92 Å². The average Bonchev–Trinajstić information content (AvgIpc) is 2.78. The lowest BCUT2D eigenvalue weighted by atomic mass is 10.0. The highest BCUT2D eigenvalue weighted by Gasteiger charge is 2.40. The quantitative estimate of drug-likeness (QED) is 0.684. The fraction of sp³-hybridized carbons (Fsp3) is 0.818. The Labute approximate surface area is 101 Å². The summed E-state index contributed by atoms with van der Waals surface area (Å²) in [6, 6.07) is -0.580. The fourth-order valence-electron chi connectivity index (χ4n) is 2.26. The maximum absolute atomic E-state index is 11.6. The summed E-state index contributed by atoms with van der Waals surface area (Å²) in [5.41, 5.74) is 0. The Balaban J connectivity index is 2.79. The predicted octanol–water partition coefficient (Wildman–Crippen LogP) is -0.458. The third-order valence-electron chi connectivity index (χ3n) is 3.28. The topological polar surface area (TPSA) is 78.9 Å². The summed E-state index contributed by atoms with van der Waals surface area (Å²) in [5, 5.41) is 11.7. The molecule has 0 saturated carbocycles. The molecule has 6 nitrogen and oxygen atoms in total. The van der Waals surface area contributed by atoms with Crippen LogP contribution in [0.5, 0.6) is 0 Å². The molecule has 0 aromatic carbocycles. The van der Waals surface area contributed by atoms with Crippen molar-refractivity contribution in [3.8, 4) is 0 Å². The van der Waals surface area contributed by atoms with Crippen LogP contribution in [0.15, 0.2) is 0 Å². The van der Waals surface area contributed by atoms with Gasteiger partial charge in [0.05, 0.1) is 25.2 Å². The van der Waals surface area contributed by atoms with Crippen LogP contribution in [0.3, 0.4) is 0 Å². The molecule has 0 aromatic heterocycles. The van der Waals surface area contributed by atoms with Gasteiger partial charge in [0.2, 0.25) is 5.91 Å². The number of nitrogens with zero attached hydrogens (tertiary/aromatic N) is 1. The zero-order valence-electron chi connectivity index (χ0n) is 10.5. The number of hydrogen-bond donors (Lipinski definition) is 2. The maximum Gasteiger partial charge on any atom is 0.310 e. The number of carbonyl (C=O) groups is 2. The van der Waals surface area contributed by atoms with Crippen molar-refractivity contribution in [1.82, 2.24) is 10.2 Å². The predicted molar refractivity (Wildman–Crippen MR) is 61.6 cm³/mol. The molecular weight excluding hydrogens is 224 g/mol. The standard InChI is InChI=1S/C11H20N2O4/c1-4-13(7(2)10(14)12-3)9-6-17-5-8(9)11(15)16/h7-9H,4-6H2,1-3H3,(H,12,14)(H,15,16). The molecular formula is C11H20N2O4. The van der Waals surface area contributed by atoms with Crippen molar-refractivity contribution in [2.45, 2.75) is 25.9 Å². The summed E-state index contributed by atoms with van der Waals surface area (Å²) in [6.07, 6.45) is 0. The molecule has 0 bridgehead atoms. The van der Waals surface area contributed by atoms with Crippen LogP contribution in [-0.2, 0) is 14.3 Å². The van der Waals surface area contributed by atoms with Crippen molar-refractivity contribution < 1.29 is 19.4 Å². The summed E-state index contributed by atoms with van der Waals surface area (Å²) in [4.78, 5) is 24.6. The molecule has 1 aliphatic heterocycles. The number of carbonyl (C=O) groups excluding carboxylic acids is 1. The van der Waals surface area contributed by atoms with Crippen LogP contribution in [0.4, 0.5) is 0 Å². The summed E-state index contributed by atoms with van der Waals surface area (Å²) in [5.74, 6) is -1.53. The molecule has 1 saturated heterocycles. The SMILES string of the molecule is CCN(C(C)C(=O)NC)C1COCC1C(=O)O. The smallest absolute Gasteiger partial charge is 0.310 e. The number of aliphatic carboxylic acids is 1. The lowest BCUT2D eigenvalue weighted by Crippen LogP contribution is -2.52. The molecule has 0 aliphatic carbocycles. The third-order valence-corrected chi connectivity index (χ3v) is 3.28. The van der Waals surface area contributed by atoms with E-state index in [9.17, 15) is 9.59 Å². The van der Waals surface area contributed by atoms with Crippen LogP contribution in [0.1, 0.15) is 13.8 Å². The molecule has 0 radical (unpaired) electrons. The highest BCUT2D eigenvalue weighted by Crippen LogP contribution is 2.21. The molecule has 1 amide bonds. The van der Waals surface area contributed by atoms with Gasteiger partial charge >= 0.3 is 5.97 Å². The molecule has 1 fully saturated rings. The maximum atomic E-state index is 11.6. The van der Waals surface area contributed by atoms with E-state index < -0.39 is 11.9 Å². The number of ether oxygens (including phenoxy) is 1. The molecule has 6 heteroatoms. The van der Waals surface area contributed by atoms with Crippen molar-refractivity contribution in [3.63, 3.8) is 0 Å². The first kappa shape index (κ1) is 13.9. The third kappa shape index (κ3) is 2.95. The van der Waals surface area contributed by atoms with Gasteiger partial charge in [-0.05, 0) is 13.5 Å². The Bertz CT molecular complexity index is 295. The minimum Gasteiger partial charge on any atom is -0.481 e. The van der Waals surface area contributed by atoms with E-state index in [4.69, 9.17) is 9.84 Å². The van der Waals surface area contributed by atoms with Gasteiger partial charge in [-0.15, -0.1) is 0 Å². The lowest BCUT2D eigenvalue weighted by molar-refractivity contribution is -0.144. The first-order chi connectivity index (χ1) is 8.02. The Morgan fingerprint density at radius 3 is 2.65 bits per heavy atom. The fourth-order valence-corrected chi connectivity index (χ4v) is 2.26. The molecule has 0 aromatic rings. The van der Waals surface area contributed by atoms with Crippen molar-refractivity contribution in [1.29, 1.82) is 0 Å². The zero-order chi connectivity index (χ0) is 13.0. The van der Waals surface area contributed by atoms with Crippen molar-refractivity contribution >= 4 is 11.9 Å².